The van der Waals surface area contributed by atoms with Crippen molar-refractivity contribution in [2.75, 3.05) is 25.4 Å². The molecule has 1 fully saturated rings. The molecule has 1 aromatic carbocycles. The van der Waals surface area contributed by atoms with Gasteiger partial charge in [-0.1, -0.05) is 30.3 Å². The molecule has 3 rings (SSSR count). The Balaban J connectivity index is 1.44. The number of hydrogen-bond donors (Lipinski definition) is 1. The predicted octanol–water partition coefficient (Wildman–Crippen LogP) is 3.71. The van der Waals surface area contributed by atoms with Crippen LogP contribution in [0.15, 0.2) is 53.1 Å². The van der Waals surface area contributed by atoms with E-state index in [1.807, 2.05) is 47.0 Å². The fourth-order valence-corrected chi connectivity index (χ4v) is 3.93. The summed E-state index contributed by atoms with van der Waals surface area (Å²) in [5, 5.41) is 3.39. The maximum Gasteiger partial charge on any atom is 0.317 e. The molecular formula is C18H22N2O2S. The van der Waals surface area contributed by atoms with Gasteiger partial charge in [0, 0.05) is 25.4 Å². The summed E-state index contributed by atoms with van der Waals surface area (Å²) in [6.45, 7) is 2.24. The molecule has 0 bridgehead atoms. The first-order valence-corrected chi connectivity index (χ1v) is 9.09. The number of carbonyl (C=O) groups excluding carboxylic acids is 1. The molecule has 0 aliphatic carbocycles. The van der Waals surface area contributed by atoms with Crippen molar-refractivity contribution >= 4 is 17.8 Å². The third-order valence-electron chi connectivity index (χ3n) is 4.02. The molecule has 122 valence electrons. The van der Waals surface area contributed by atoms with Crippen LogP contribution >= 0.6 is 11.8 Å². The minimum absolute atomic E-state index is 0.0432. The van der Waals surface area contributed by atoms with E-state index in [9.17, 15) is 4.79 Å². The van der Waals surface area contributed by atoms with E-state index < -0.39 is 0 Å². The first-order chi connectivity index (χ1) is 11.3. The van der Waals surface area contributed by atoms with E-state index in [1.165, 1.54) is 5.56 Å². The molecule has 2 amide bonds. The standard InChI is InChI=1S/C18H22N2O2S/c21-18(19-10-8-15-5-2-1-3-6-15)20-11-9-17(23-14-12-20)16-7-4-13-22-16/h1-7,13,17H,8-12,14H2,(H,19,21). The smallest absolute Gasteiger partial charge is 0.317 e. The van der Waals surface area contributed by atoms with Crippen molar-refractivity contribution in [1.82, 2.24) is 10.2 Å². The van der Waals surface area contributed by atoms with Gasteiger partial charge >= 0.3 is 6.03 Å². The van der Waals surface area contributed by atoms with Gasteiger partial charge in [0.05, 0.1) is 11.5 Å². The molecule has 1 N–H and O–H groups in total. The molecule has 23 heavy (non-hydrogen) atoms. The van der Waals surface area contributed by atoms with Crippen molar-refractivity contribution in [3.63, 3.8) is 0 Å². The van der Waals surface area contributed by atoms with E-state index >= 15 is 0 Å². The van der Waals surface area contributed by atoms with Crippen molar-refractivity contribution in [3.05, 3.63) is 60.1 Å². The molecule has 1 atom stereocenters. The van der Waals surface area contributed by atoms with Crippen LogP contribution in [0.25, 0.3) is 0 Å². The monoisotopic (exact) mass is 330 g/mol. The highest BCUT2D eigenvalue weighted by atomic mass is 32.2. The first-order valence-electron chi connectivity index (χ1n) is 8.04. The zero-order chi connectivity index (χ0) is 15.9. The lowest BCUT2D eigenvalue weighted by molar-refractivity contribution is 0.201. The number of amides is 2. The number of carbonyl (C=O) groups is 1. The van der Waals surface area contributed by atoms with E-state index in [-0.39, 0.29) is 6.03 Å². The van der Waals surface area contributed by atoms with Crippen LogP contribution in [0.1, 0.15) is 23.0 Å². The molecule has 5 heteroatoms. The van der Waals surface area contributed by atoms with Crippen LogP contribution in [0.3, 0.4) is 0 Å². The molecule has 1 aliphatic heterocycles. The van der Waals surface area contributed by atoms with E-state index in [1.54, 1.807) is 6.26 Å². The normalized spacial score (nSPS) is 18.4. The average molecular weight is 330 g/mol. The Morgan fingerprint density at radius 1 is 1.22 bits per heavy atom. The van der Waals surface area contributed by atoms with Gasteiger partial charge in [0.15, 0.2) is 0 Å². The van der Waals surface area contributed by atoms with E-state index in [4.69, 9.17) is 4.42 Å². The largest absolute Gasteiger partial charge is 0.468 e. The Labute approximate surface area is 141 Å². The van der Waals surface area contributed by atoms with Gasteiger partial charge in [0.2, 0.25) is 0 Å². The molecule has 1 aromatic heterocycles. The molecule has 0 radical (unpaired) electrons. The second kappa shape index (κ2) is 8.11. The summed E-state index contributed by atoms with van der Waals surface area (Å²) in [5.41, 5.74) is 1.25. The van der Waals surface area contributed by atoms with Gasteiger partial charge in [-0.25, -0.2) is 4.79 Å². The molecule has 0 spiro atoms. The fraction of sp³-hybridized carbons (Fsp3) is 0.389. The van der Waals surface area contributed by atoms with Crippen molar-refractivity contribution in [1.29, 1.82) is 0 Å². The maximum atomic E-state index is 12.3. The fourth-order valence-electron chi connectivity index (χ4n) is 2.75. The second-order valence-electron chi connectivity index (χ2n) is 5.62. The van der Waals surface area contributed by atoms with E-state index in [0.717, 1.165) is 37.4 Å². The Bertz CT molecular complexity index is 601. The van der Waals surface area contributed by atoms with Crippen LogP contribution < -0.4 is 5.32 Å². The number of benzene rings is 1. The molecular weight excluding hydrogens is 308 g/mol. The minimum atomic E-state index is 0.0432. The summed E-state index contributed by atoms with van der Waals surface area (Å²) in [6.07, 6.45) is 3.52. The summed E-state index contributed by atoms with van der Waals surface area (Å²) >= 11 is 1.87. The lowest BCUT2D eigenvalue weighted by atomic mass is 10.1. The Kier molecular flexibility index (Phi) is 5.64. The van der Waals surface area contributed by atoms with Crippen LogP contribution in [-0.2, 0) is 6.42 Å². The Morgan fingerprint density at radius 3 is 2.87 bits per heavy atom. The number of nitrogens with zero attached hydrogens (tertiary/aromatic N) is 1. The molecule has 2 heterocycles. The Hall–Kier alpha value is -1.88. The molecule has 0 saturated carbocycles. The summed E-state index contributed by atoms with van der Waals surface area (Å²) in [4.78, 5) is 14.2. The maximum absolute atomic E-state index is 12.3. The third-order valence-corrected chi connectivity index (χ3v) is 5.31. The summed E-state index contributed by atoms with van der Waals surface area (Å²) in [5.74, 6) is 1.96. The van der Waals surface area contributed by atoms with Gasteiger partial charge in [0.25, 0.3) is 0 Å². The quantitative estimate of drug-likeness (QED) is 0.929. The zero-order valence-electron chi connectivity index (χ0n) is 13.1. The number of rotatable bonds is 4. The zero-order valence-corrected chi connectivity index (χ0v) is 13.9. The van der Waals surface area contributed by atoms with Gasteiger partial charge in [0.1, 0.15) is 5.76 Å². The van der Waals surface area contributed by atoms with Crippen molar-refractivity contribution in [3.8, 4) is 0 Å². The molecule has 1 aliphatic rings. The molecule has 1 unspecified atom stereocenters. The van der Waals surface area contributed by atoms with Crippen LogP contribution in [-0.4, -0.2) is 36.3 Å². The highest BCUT2D eigenvalue weighted by molar-refractivity contribution is 7.99. The van der Waals surface area contributed by atoms with Gasteiger partial charge in [-0.2, -0.15) is 0 Å². The SMILES string of the molecule is O=C(NCCc1ccccc1)N1CCSC(c2ccco2)CC1. The minimum Gasteiger partial charge on any atom is -0.468 e. The number of hydrogen-bond acceptors (Lipinski definition) is 3. The van der Waals surface area contributed by atoms with E-state index in [0.29, 0.717) is 11.8 Å². The third kappa shape index (κ3) is 4.55. The van der Waals surface area contributed by atoms with Crippen LogP contribution in [0.4, 0.5) is 4.79 Å². The highest BCUT2D eigenvalue weighted by Gasteiger charge is 2.23. The van der Waals surface area contributed by atoms with Gasteiger partial charge < -0.3 is 14.6 Å². The molecule has 1 saturated heterocycles. The number of thioether (sulfide) groups is 1. The van der Waals surface area contributed by atoms with E-state index in [2.05, 4.69) is 17.4 Å². The van der Waals surface area contributed by atoms with Crippen molar-refractivity contribution in [2.24, 2.45) is 0 Å². The average Bonchev–Trinajstić information content (AvgIpc) is 3.00. The lowest BCUT2D eigenvalue weighted by Crippen LogP contribution is -2.41. The lowest BCUT2D eigenvalue weighted by Gasteiger charge is -2.20. The van der Waals surface area contributed by atoms with Gasteiger partial charge in [-0.05, 0) is 30.5 Å². The van der Waals surface area contributed by atoms with Crippen molar-refractivity contribution in [2.45, 2.75) is 18.1 Å². The van der Waals surface area contributed by atoms with Crippen LogP contribution in [0, 0.1) is 0 Å². The summed E-state index contributed by atoms with van der Waals surface area (Å²) < 4.78 is 5.50. The van der Waals surface area contributed by atoms with Gasteiger partial charge in [-0.15, -0.1) is 11.8 Å². The van der Waals surface area contributed by atoms with Gasteiger partial charge in [-0.3, -0.25) is 0 Å². The first kappa shape index (κ1) is 16.0. The Morgan fingerprint density at radius 2 is 2.09 bits per heavy atom. The number of urea groups is 1. The molecule has 4 nitrogen and oxygen atoms in total. The number of furan rings is 1. The summed E-state index contributed by atoms with van der Waals surface area (Å²) in [7, 11) is 0. The topological polar surface area (TPSA) is 45.5 Å². The number of nitrogens with one attached hydrogen (secondary N) is 1. The second-order valence-corrected chi connectivity index (χ2v) is 6.93. The van der Waals surface area contributed by atoms with Crippen LogP contribution in [0.2, 0.25) is 0 Å². The van der Waals surface area contributed by atoms with Crippen molar-refractivity contribution < 1.29 is 9.21 Å². The highest BCUT2D eigenvalue weighted by Crippen LogP contribution is 2.34. The summed E-state index contributed by atoms with van der Waals surface area (Å²) in [6, 6.07) is 14.2. The predicted molar refractivity (Wildman–Crippen MR) is 93.6 cm³/mol. The van der Waals surface area contributed by atoms with Crippen LogP contribution in [0.5, 0.6) is 0 Å². The molecule has 2 aromatic rings.